The van der Waals surface area contributed by atoms with Crippen LogP contribution in [0.4, 0.5) is 0 Å². The summed E-state index contributed by atoms with van der Waals surface area (Å²) in [6, 6.07) is 3.59. The molecular formula is C14H21ClN2OS. The van der Waals surface area contributed by atoms with Crippen molar-refractivity contribution in [2.24, 2.45) is 0 Å². The second-order valence-electron chi connectivity index (χ2n) is 4.91. The van der Waals surface area contributed by atoms with E-state index in [2.05, 4.69) is 16.6 Å². The van der Waals surface area contributed by atoms with Gasteiger partial charge in [-0.3, -0.25) is 4.79 Å². The Kier molecular flexibility index (Phi) is 6.66. The molecule has 1 aromatic rings. The van der Waals surface area contributed by atoms with Gasteiger partial charge in [0, 0.05) is 17.3 Å². The predicted molar refractivity (Wildman–Crippen MR) is 83.3 cm³/mol. The first-order chi connectivity index (χ1) is 8.93. The van der Waals surface area contributed by atoms with Crippen LogP contribution in [0.25, 0.3) is 0 Å². The molecule has 0 radical (unpaired) electrons. The molecule has 1 heterocycles. The van der Waals surface area contributed by atoms with Gasteiger partial charge >= 0.3 is 0 Å². The Bertz CT molecular complexity index is 437. The molecule has 19 heavy (non-hydrogen) atoms. The maximum atomic E-state index is 12.1. The normalized spacial score (nSPS) is 12.5. The minimum atomic E-state index is -0.0835. The molecule has 1 amide bonds. The number of nitrogens with zero attached hydrogens (tertiary/aromatic N) is 1. The van der Waals surface area contributed by atoms with Crippen molar-refractivity contribution in [2.75, 3.05) is 12.0 Å². The zero-order chi connectivity index (χ0) is 14.4. The Morgan fingerprint density at radius 2 is 2.11 bits per heavy atom. The molecule has 1 atom stereocenters. The minimum absolute atomic E-state index is 0.0835. The second-order valence-corrected chi connectivity index (χ2v) is 6.29. The molecule has 0 spiro atoms. The van der Waals surface area contributed by atoms with Gasteiger partial charge in [-0.2, -0.15) is 11.8 Å². The fraction of sp³-hybridized carbons (Fsp3) is 0.571. The molecule has 1 rings (SSSR count). The molecule has 0 aliphatic rings. The Labute approximate surface area is 124 Å². The number of aromatic nitrogens is 1. The van der Waals surface area contributed by atoms with Crippen molar-refractivity contribution in [1.29, 1.82) is 0 Å². The smallest absolute Gasteiger partial charge is 0.251 e. The highest BCUT2D eigenvalue weighted by Crippen LogP contribution is 2.17. The van der Waals surface area contributed by atoms with Gasteiger partial charge in [0.25, 0.3) is 5.91 Å². The number of pyridine rings is 1. The second kappa shape index (κ2) is 7.75. The number of halogens is 1. The Hall–Kier alpha value is -0.740. The monoisotopic (exact) mass is 300 g/mol. The molecule has 0 saturated heterocycles. The van der Waals surface area contributed by atoms with Crippen molar-refractivity contribution in [3.8, 4) is 0 Å². The number of carbonyl (C=O) groups excluding carboxylic acids is 1. The van der Waals surface area contributed by atoms with Crippen LogP contribution in [0.15, 0.2) is 12.1 Å². The van der Waals surface area contributed by atoms with Crippen LogP contribution < -0.4 is 5.32 Å². The first-order valence-corrected chi connectivity index (χ1v) is 8.18. The van der Waals surface area contributed by atoms with Crippen LogP contribution in [0.2, 0.25) is 5.15 Å². The van der Waals surface area contributed by atoms with Crippen molar-refractivity contribution < 1.29 is 4.79 Å². The average Bonchev–Trinajstić information content (AvgIpc) is 2.35. The van der Waals surface area contributed by atoms with E-state index in [1.54, 1.807) is 17.8 Å². The number of hydrogen-bond donors (Lipinski definition) is 1. The SMILES string of the molecule is CSCCC(C)NC(=O)c1cc(Cl)nc(C(C)C)c1. The largest absolute Gasteiger partial charge is 0.350 e. The van der Waals surface area contributed by atoms with E-state index in [0.29, 0.717) is 10.7 Å². The predicted octanol–water partition coefficient (Wildman–Crippen LogP) is 3.73. The molecule has 0 saturated carbocycles. The number of carbonyl (C=O) groups is 1. The van der Waals surface area contributed by atoms with Gasteiger partial charge in [-0.05, 0) is 43.4 Å². The van der Waals surface area contributed by atoms with E-state index in [4.69, 9.17) is 11.6 Å². The Balaban J connectivity index is 2.76. The molecule has 0 aliphatic heterocycles. The molecule has 106 valence electrons. The fourth-order valence-electron chi connectivity index (χ4n) is 1.62. The van der Waals surface area contributed by atoms with Crippen LogP contribution in [-0.4, -0.2) is 28.9 Å². The lowest BCUT2D eigenvalue weighted by atomic mass is 10.1. The number of thioether (sulfide) groups is 1. The maximum Gasteiger partial charge on any atom is 0.251 e. The van der Waals surface area contributed by atoms with E-state index in [-0.39, 0.29) is 17.9 Å². The fourth-order valence-corrected chi connectivity index (χ4v) is 2.42. The minimum Gasteiger partial charge on any atom is -0.350 e. The van der Waals surface area contributed by atoms with Crippen LogP contribution in [0, 0.1) is 0 Å². The molecule has 1 aromatic heterocycles. The maximum absolute atomic E-state index is 12.1. The molecular weight excluding hydrogens is 280 g/mol. The first kappa shape index (κ1) is 16.3. The molecule has 5 heteroatoms. The number of rotatable bonds is 6. The van der Waals surface area contributed by atoms with E-state index in [1.807, 2.05) is 26.8 Å². The summed E-state index contributed by atoms with van der Waals surface area (Å²) in [6.45, 7) is 6.07. The van der Waals surface area contributed by atoms with Gasteiger partial charge in [-0.1, -0.05) is 25.4 Å². The van der Waals surface area contributed by atoms with Crippen molar-refractivity contribution in [1.82, 2.24) is 10.3 Å². The van der Waals surface area contributed by atoms with Crippen molar-refractivity contribution in [2.45, 2.75) is 39.2 Å². The standard InChI is InChI=1S/C14H21ClN2OS/c1-9(2)12-7-11(8-13(15)17-12)14(18)16-10(3)5-6-19-4/h7-10H,5-6H2,1-4H3,(H,16,18). The Morgan fingerprint density at radius 3 is 2.68 bits per heavy atom. The van der Waals surface area contributed by atoms with Crippen LogP contribution in [0.5, 0.6) is 0 Å². The highest BCUT2D eigenvalue weighted by atomic mass is 35.5. The van der Waals surface area contributed by atoms with Gasteiger partial charge in [0.1, 0.15) is 5.15 Å². The van der Waals surface area contributed by atoms with Gasteiger partial charge in [0.05, 0.1) is 0 Å². The number of amides is 1. The summed E-state index contributed by atoms with van der Waals surface area (Å²) in [7, 11) is 0. The Morgan fingerprint density at radius 1 is 1.42 bits per heavy atom. The van der Waals surface area contributed by atoms with Gasteiger partial charge in [0.15, 0.2) is 0 Å². The highest BCUT2D eigenvalue weighted by Gasteiger charge is 2.13. The van der Waals surface area contributed by atoms with Gasteiger partial charge in [-0.15, -0.1) is 0 Å². The summed E-state index contributed by atoms with van der Waals surface area (Å²) < 4.78 is 0. The number of nitrogens with one attached hydrogen (secondary N) is 1. The third-order valence-corrected chi connectivity index (χ3v) is 3.64. The third-order valence-electron chi connectivity index (χ3n) is 2.80. The van der Waals surface area contributed by atoms with E-state index < -0.39 is 0 Å². The summed E-state index contributed by atoms with van der Waals surface area (Å²) in [5.41, 5.74) is 1.43. The average molecular weight is 301 g/mol. The molecule has 0 aromatic carbocycles. The van der Waals surface area contributed by atoms with Gasteiger partial charge < -0.3 is 5.32 Å². The third kappa shape index (κ3) is 5.41. The topological polar surface area (TPSA) is 42.0 Å². The van der Waals surface area contributed by atoms with Crippen molar-refractivity contribution in [3.05, 3.63) is 28.5 Å². The number of hydrogen-bond acceptors (Lipinski definition) is 3. The van der Waals surface area contributed by atoms with Gasteiger partial charge in [0.2, 0.25) is 0 Å². The summed E-state index contributed by atoms with van der Waals surface area (Å²) in [6.07, 6.45) is 3.02. The quantitative estimate of drug-likeness (QED) is 0.814. The summed E-state index contributed by atoms with van der Waals surface area (Å²) in [5, 5.41) is 3.35. The lowest BCUT2D eigenvalue weighted by Gasteiger charge is -2.14. The molecule has 0 aliphatic carbocycles. The lowest BCUT2D eigenvalue weighted by molar-refractivity contribution is 0.0939. The summed E-state index contributed by atoms with van der Waals surface area (Å²) >= 11 is 7.74. The van der Waals surface area contributed by atoms with Crippen molar-refractivity contribution in [3.63, 3.8) is 0 Å². The van der Waals surface area contributed by atoms with Crippen LogP contribution in [0.3, 0.4) is 0 Å². The molecule has 3 nitrogen and oxygen atoms in total. The summed E-state index contributed by atoms with van der Waals surface area (Å²) in [5.74, 6) is 1.20. The highest BCUT2D eigenvalue weighted by molar-refractivity contribution is 7.98. The van der Waals surface area contributed by atoms with Crippen molar-refractivity contribution >= 4 is 29.3 Å². The zero-order valence-electron chi connectivity index (χ0n) is 11.9. The molecule has 1 unspecified atom stereocenters. The van der Waals surface area contributed by atoms with E-state index in [1.165, 1.54) is 0 Å². The lowest BCUT2D eigenvalue weighted by Crippen LogP contribution is -2.33. The van der Waals surface area contributed by atoms with E-state index in [0.717, 1.165) is 17.9 Å². The first-order valence-electron chi connectivity index (χ1n) is 6.41. The molecule has 1 N–H and O–H groups in total. The summed E-state index contributed by atoms with van der Waals surface area (Å²) in [4.78, 5) is 16.4. The van der Waals surface area contributed by atoms with E-state index >= 15 is 0 Å². The van der Waals surface area contributed by atoms with Gasteiger partial charge in [-0.25, -0.2) is 4.98 Å². The van der Waals surface area contributed by atoms with E-state index in [9.17, 15) is 4.79 Å². The molecule has 0 bridgehead atoms. The molecule has 0 fully saturated rings. The van der Waals surface area contributed by atoms with Crippen LogP contribution in [-0.2, 0) is 0 Å². The van der Waals surface area contributed by atoms with Crippen LogP contribution in [0.1, 0.15) is 49.2 Å². The van der Waals surface area contributed by atoms with Crippen LogP contribution >= 0.6 is 23.4 Å². The zero-order valence-corrected chi connectivity index (χ0v) is 13.4.